The summed E-state index contributed by atoms with van der Waals surface area (Å²) in [6, 6.07) is 8.17. The summed E-state index contributed by atoms with van der Waals surface area (Å²) >= 11 is 1.74. The van der Waals surface area contributed by atoms with Crippen LogP contribution in [0.2, 0.25) is 0 Å². The smallest absolute Gasteiger partial charge is 0.126 e. The monoisotopic (exact) mass is 300 g/mol. The highest BCUT2D eigenvalue weighted by molar-refractivity contribution is 8.02. The van der Waals surface area contributed by atoms with Crippen LogP contribution >= 0.6 is 11.8 Å². The maximum Gasteiger partial charge on any atom is 0.126 e. The van der Waals surface area contributed by atoms with Gasteiger partial charge < -0.3 is 4.74 Å². The largest absolute Gasteiger partial charge is 0.462 e. The standard InChI is InChI=1S/C19H24OS/c1-5-8-10-16(4)20-18-13-11-17(12-14-18)15-21-19(7-3)9-6-2/h6-7,9,11-14H,2-5,8,10,15H2,1H3/b19-9+. The van der Waals surface area contributed by atoms with Gasteiger partial charge in [0.05, 0.1) is 5.76 Å². The van der Waals surface area contributed by atoms with E-state index >= 15 is 0 Å². The summed E-state index contributed by atoms with van der Waals surface area (Å²) in [4.78, 5) is 1.12. The van der Waals surface area contributed by atoms with E-state index in [9.17, 15) is 0 Å². The van der Waals surface area contributed by atoms with Crippen molar-refractivity contribution in [3.05, 3.63) is 78.5 Å². The van der Waals surface area contributed by atoms with Crippen LogP contribution in [0.3, 0.4) is 0 Å². The zero-order chi connectivity index (χ0) is 15.5. The van der Waals surface area contributed by atoms with Gasteiger partial charge in [0.25, 0.3) is 0 Å². The number of hydrogen-bond donors (Lipinski definition) is 0. The van der Waals surface area contributed by atoms with Crippen molar-refractivity contribution >= 4 is 11.8 Å². The average molecular weight is 300 g/mol. The Bertz CT molecular complexity index is 497. The SMILES string of the molecule is C=C/C=C(\C=C)SCc1ccc(OC(=C)CCCC)cc1. The molecule has 0 aliphatic heterocycles. The highest BCUT2D eigenvalue weighted by Crippen LogP contribution is 2.24. The van der Waals surface area contributed by atoms with Gasteiger partial charge in [-0.2, -0.15) is 0 Å². The fourth-order valence-corrected chi connectivity index (χ4v) is 2.54. The number of thioether (sulfide) groups is 1. The van der Waals surface area contributed by atoms with Crippen molar-refractivity contribution in [2.45, 2.75) is 31.9 Å². The summed E-state index contributed by atoms with van der Waals surface area (Å²) in [5.41, 5.74) is 1.25. The van der Waals surface area contributed by atoms with Crippen LogP contribution in [-0.2, 0) is 5.75 Å². The molecule has 0 heterocycles. The molecule has 0 spiro atoms. The van der Waals surface area contributed by atoms with Crippen LogP contribution < -0.4 is 4.74 Å². The molecule has 1 rings (SSSR count). The predicted molar refractivity (Wildman–Crippen MR) is 95.5 cm³/mol. The summed E-state index contributed by atoms with van der Waals surface area (Å²) in [5, 5.41) is 0. The van der Waals surface area contributed by atoms with E-state index in [1.54, 1.807) is 17.8 Å². The summed E-state index contributed by atoms with van der Waals surface area (Å²) in [6.45, 7) is 13.6. The lowest BCUT2D eigenvalue weighted by Gasteiger charge is -2.09. The fourth-order valence-electron chi connectivity index (χ4n) is 1.70. The van der Waals surface area contributed by atoms with Crippen LogP contribution in [0.5, 0.6) is 5.75 Å². The Labute approximate surface area is 133 Å². The van der Waals surface area contributed by atoms with E-state index in [-0.39, 0.29) is 0 Å². The van der Waals surface area contributed by atoms with Gasteiger partial charge in [-0.25, -0.2) is 0 Å². The van der Waals surface area contributed by atoms with Crippen LogP contribution in [-0.4, -0.2) is 0 Å². The third-order valence-corrected chi connectivity index (χ3v) is 4.00. The quantitative estimate of drug-likeness (QED) is 0.372. The van der Waals surface area contributed by atoms with Gasteiger partial charge >= 0.3 is 0 Å². The van der Waals surface area contributed by atoms with E-state index in [1.165, 1.54) is 5.56 Å². The van der Waals surface area contributed by atoms with E-state index in [1.807, 2.05) is 24.3 Å². The topological polar surface area (TPSA) is 9.23 Å². The molecule has 0 aromatic heterocycles. The van der Waals surface area contributed by atoms with Crippen molar-refractivity contribution in [1.29, 1.82) is 0 Å². The number of rotatable bonds is 10. The lowest BCUT2D eigenvalue weighted by Crippen LogP contribution is -1.93. The van der Waals surface area contributed by atoms with Gasteiger partial charge in [-0.3, -0.25) is 0 Å². The third kappa shape index (κ3) is 7.05. The van der Waals surface area contributed by atoms with Crippen LogP contribution in [0.1, 0.15) is 31.7 Å². The summed E-state index contributed by atoms with van der Waals surface area (Å²) < 4.78 is 5.71. The zero-order valence-electron chi connectivity index (χ0n) is 12.8. The molecule has 112 valence electrons. The minimum Gasteiger partial charge on any atom is -0.462 e. The number of unbranched alkanes of at least 4 members (excludes halogenated alkanes) is 1. The first kappa shape index (κ1) is 17.4. The van der Waals surface area contributed by atoms with Gasteiger partial charge in [-0.1, -0.05) is 57.4 Å². The van der Waals surface area contributed by atoms with Gasteiger partial charge in [0.2, 0.25) is 0 Å². The Balaban J connectivity index is 2.50. The number of benzene rings is 1. The number of allylic oxidation sites excluding steroid dienone is 4. The van der Waals surface area contributed by atoms with Gasteiger partial charge in [-0.15, -0.1) is 11.8 Å². The Morgan fingerprint density at radius 2 is 1.95 bits per heavy atom. The second-order valence-electron chi connectivity index (χ2n) is 4.69. The molecule has 0 saturated carbocycles. The Morgan fingerprint density at radius 1 is 1.24 bits per heavy atom. The van der Waals surface area contributed by atoms with Gasteiger partial charge in [-0.05, 0) is 30.2 Å². The van der Waals surface area contributed by atoms with E-state index < -0.39 is 0 Å². The van der Waals surface area contributed by atoms with E-state index in [2.05, 4.69) is 38.8 Å². The lowest BCUT2D eigenvalue weighted by atomic mass is 10.2. The number of ether oxygens (including phenoxy) is 1. The molecule has 0 aliphatic rings. The molecule has 0 bridgehead atoms. The van der Waals surface area contributed by atoms with E-state index in [4.69, 9.17) is 4.74 Å². The van der Waals surface area contributed by atoms with E-state index in [0.29, 0.717) is 0 Å². The second-order valence-corrected chi connectivity index (χ2v) is 5.73. The van der Waals surface area contributed by atoms with Gasteiger partial charge in [0.15, 0.2) is 0 Å². The molecule has 0 amide bonds. The molecule has 0 radical (unpaired) electrons. The van der Waals surface area contributed by atoms with Crippen molar-refractivity contribution in [2.75, 3.05) is 0 Å². The molecule has 0 unspecified atom stereocenters. The Hall–Kier alpha value is -1.67. The zero-order valence-corrected chi connectivity index (χ0v) is 13.6. The maximum absolute atomic E-state index is 5.71. The minimum atomic E-state index is 0.835. The summed E-state index contributed by atoms with van der Waals surface area (Å²) in [6.07, 6.45) is 8.79. The molecule has 0 aliphatic carbocycles. The average Bonchev–Trinajstić information content (AvgIpc) is 2.50. The molecule has 0 fully saturated rings. The van der Waals surface area contributed by atoms with E-state index in [0.717, 1.165) is 41.4 Å². The molecular weight excluding hydrogens is 276 g/mol. The minimum absolute atomic E-state index is 0.835. The molecule has 0 saturated heterocycles. The number of hydrogen-bond acceptors (Lipinski definition) is 2. The van der Waals surface area contributed by atoms with Crippen molar-refractivity contribution < 1.29 is 4.74 Å². The molecule has 2 heteroatoms. The third-order valence-electron chi connectivity index (χ3n) is 2.88. The lowest BCUT2D eigenvalue weighted by molar-refractivity contribution is 0.401. The van der Waals surface area contributed by atoms with Crippen molar-refractivity contribution in [1.82, 2.24) is 0 Å². The summed E-state index contributed by atoms with van der Waals surface area (Å²) in [5.74, 6) is 2.60. The highest BCUT2D eigenvalue weighted by atomic mass is 32.2. The maximum atomic E-state index is 5.71. The molecular formula is C19H24OS. The van der Waals surface area contributed by atoms with Gasteiger partial charge in [0, 0.05) is 17.1 Å². The fraction of sp³-hybridized carbons (Fsp3) is 0.263. The molecule has 0 atom stereocenters. The molecule has 1 aromatic carbocycles. The first-order valence-corrected chi connectivity index (χ1v) is 8.20. The van der Waals surface area contributed by atoms with Crippen molar-refractivity contribution in [2.24, 2.45) is 0 Å². The summed E-state index contributed by atoms with van der Waals surface area (Å²) in [7, 11) is 0. The van der Waals surface area contributed by atoms with Crippen LogP contribution in [0.15, 0.2) is 72.9 Å². The van der Waals surface area contributed by atoms with Crippen molar-refractivity contribution in [3.8, 4) is 5.75 Å². The van der Waals surface area contributed by atoms with Crippen molar-refractivity contribution in [3.63, 3.8) is 0 Å². The molecule has 0 N–H and O–H groups in total. The van der Waals surface area contributed by atoms with Crippen LogP contribution in [0, 0.1) is 0 Å². The second kappa shape index (κ2) is 10.1. The molecule has 1 aromatic rings. The van der Waals surface area contributed by atoms with Crippen LogP contribution in [0.25, 0.3) is 0 Å². The first-order chi connectivity index (χ1) is 10.2. The normalized spacial score (nSPS) is 11.0. The first-order valence-electron chi connectivity index (χ1n) is 7.22. The molecule has 1 nitrogen and oxygen atoms in total. The molecule has 21 heavy (non-hydrogen) atoms. The highest BCUT2D eigenvalue weighted by Gasteiger charge is 2.00. The Kier molecular flexibility index (Phi) is 8.37. The van der Waals surface area contributed by atoms with Crippen LogP contribution in [0.4, 0.5) is 0 Å². The van der Waals surface area contributed by atoms with Gasteiger partial charge in [0.1, 0.15) is 5.75 Å². The predicted octanol–water partition coefficient (Wildman–Crippen LogP) is 6.26. The Morgan fingerprint density at radius 3 is 2.52 bits per heavy atom.